The third-order valence-electron chi connectivity index (χ3n) is 6.56. The molecule has 2 aliphatic rings. The van der Waals surface area contributed by atoms with Crippen molar-refractivity contribution in [3.8, 4) is 17.2 Å². The summed E-state index contributed by atoms with van der Waals surface area (Å²) in [6, 6.07) is 1.51. The van der Waals surface area contributed by atoms with Crippen LogP contribution in [0.5, 0.6) is 17.2 Å². The molecule has 184 valence electrons. The van der Waals surface area contributed by atoms with E-state index in [-0.39, 0.29) is 35.9 Å². The molecule has 0 saturated carbocycles. The van der Waals surface area contributed by atoms with E-state index in [1.807, 2.05) is 25.2 Å². The molecule has 1 aliphatic heterocycles. The summed E-state index contributed by atoms with van der Waals surface area (Å²) in [6.07, 6.45) is 8.58. The Morgan fingerprint density at radius 3 is 2.59 bits per heavy atom. The number of carbonyl (C=O) groups excluding carboxylic acids is 1. The van der Waals surface area contributed by atoms with Crippen molar-refractivity contribution in [2.45, 2.75) is 52.2 Å². The van der Waals surface area contributed by atoms with Gasteiger partial charge in [-0.15, -0.1) is 0 Å². The summed E-state index contributed by atoms with van der Waals surface area (Å²) in [7, 11) is 4.72. The standard InChI is InChI=1S/C28H36O6/c1-16(2)8-9-18(17(3)4)12-21-22(29)14-26(33-7)27-23(30)15-25(34-28(21)27)20-11-10-19(31-5)13-24(20)32-6/h8,10-11,13-14,18,20,24-25,29H,3,9,12,15H2,1-2,4-7H3/t18?,20?,24?,25-/m0/s1. The van der Waals surface area contributed by atoms with Gasteiger partial charge >= 0.3 is 0 Å². The number of benzene rings is 1. The fraction of sp³-hybridized carbons (Fsp3) is 0.464. The smallest absolute Gasteiger partial charge is 0.174 e. The Morgan fingerprint density at radius 2 is 2.00 bits per heavy atom. The highest BCUT2D eigenvalue weighted by atomic mass is 16.5. The zero-order valence-corrected chi connectivity index (χ0v) is 21.0. The molecular formula is C28H36O6. The van der Waals surface area contributed by atoms with Crippen LogP contribution < -0.4 is 9.47 Å². The van der Waals surface area contributed by atoms with Crippen molar-refractivity contribution in [3.63, 3.8) is 0 Å². The van der Waals surface area contributed by atoms with Gasteiger partial charge in [0.1, 0.15) is 34.7 Å². The molecule has 1 aliphatic carbocycles. The SMILES string of the molecule is C=C(C)C(CC=C(C)C)Cc1c(O)cc(OC)c2c1O[C@H](C1C=CC(OC)=CC1OC)CC2=O. The number of rotatable bonds is 9. The predicted octanol–water partition coefficient (Wildman–Crippen LogP) is 5.56. The molecule has 1 aromatic carbocycles. The number of phenolic OH excluding ortho intramolecular Hbond substituents is 1. The van der Waals surface area contributed by atoms with Gasteiger partial charge in [0, 0.05) is 31.1 Å². The molecular weight excluding hydrogens is 432 g/mol. The van der Waals surface area contributed by atoms with Crippen LogP contribution in [0.2, 0.25) is 0 Å². The summed E-state index contributed by atoms with van der Waals surface area (Å²) < 4.78 is 22.9. The number of aromatic hydroxyl groups is 1. The highest BCUT2D eigenvalue weighted by Crippen LogP contribution is 2.46. The van der Waals surface area contributed by atoms with Crippen LogP contribution in [-0.4, -0.2) is 44.4 Å². The molecule has 0 saturated heterocycles. The van der Waals surface area contributed by atoms with Gasteiger partial charge in [0.25, 0.3) is 0 Å². The number of methoxy groups -OCH3 is 3. The number of Topliss-reactive ketones (excluding diaryl/α,β-unsaturated/α-hetero) is 1. The maximum atomic E-state index is 13.4. The molecule has 0 amide bonds. The molecule has 1 heterocycles. The number of hydrogen-bond donors (Lipinski definition) is 1. The lowest BCUT2D eigenvalue weighted by Crippen LogP contribution is -2.40. The zero-order chi connectivity index (χ0) is 25.0. The van der Waals surface area contributed by atoms with Crippen molar-refractivity contribution < 1.29 is 28.8 Å². The van der Waals surface area contributed by atoms with Crippen LogP contribution in [0.4, 0.5) is 0 Å². The van der Waals surface area contributed by atoms with Crippen molar-refractivity contribution in [2.24, 2.45) is 11.8 Å². The molecule has 34 heavy (non-hydrogen) atoms. The van der Waals surface area contributed by atoms with Gasteiger partial charge in [0.05, 0.1) is 20.3 Å². The quantitative estimate of drug-likeness (QED) is 0.479. The Bertz CT molecular complexity index is 1030. The van der Waals surface area contributed by atoms with E-state index in [0.29, 0.717) is 34.8 Å². The molecule has 1 N–H and O–H groups in total. The molecule has 0 fully saturated rings. The van der Waals surface area contributed by atoms with Crippen molar-refractivity contribution >= 4 is 5.78 Å². The van der Waals surface area contributed by atoms with Crippen molar-refractivity contribution in [1.82, 2.24) is 0 Å². The number of ketones is 1. The summed E-state index contributed by atoms with van der Waals surface area (Å²) in [5.41, 5.74) is 3.21. The van der Waals surface area contributed by atoms with Gasteiger partial charge in [-0.2, -0.15) is 0 Å². The van der Waals surface area contributed by atoms with E-state index >= 15 is 0 Å². The minimum atomic E-state index is -0.456. The number of ether oxygens (including phenoxy) is 4. The third-order valence-corrected chi connectivity index (χ3v) is 6.56. The fourth-order valence-electron chi connectivity index (χ4n) is 4.53. The van der Waals surface area contributed by atoms with E-state index in [0.717, 1.165) is 12.0 Å². The number of phenols is 1. The average Bonchev–Trinajstić information content (AvgIpc) is 2.81. The van der Waals surface area contributed by atoms with Crippen molar-refractivity contribution in [3.05, 3.63) is 65.0 Å². The second-order valence-electron chi connectivity index (χ2n) is 9.24. The molecule has 0 radical (unpaired) electrons. The van der Waals surface area contributed by atoms with E-state index in [1.165, 1.54) is 18.7 Å². The summed E-state index contributed by atoms with van der Waals surface area (Å²) in [5, 5.41) is 11.0. The first kappa shape index (κ1) is 25.6. The molecule has 4 atom stereocenters. The van der Waals surface area contributed by atoms with Crippen LogP contribution >= 0.6 is 0 Å². The van der Waals surface area contributed by atoms with Crippen LogP contribution in [0.1, 0.15) is 49.5 Å². The van der Waals surface area contributed by atoms with Gasteiger partial charge in [0.15, 0.2) is 5.78 Å². The average molecular weight is 469 g/mol. The second-order valence-corrected chi connectivity index (χ2v) is 9.24. The van der Waals surface area contributed by atoms with Crippen LogP contribution in [0, 0.1) is 11.8 Å². The Morgan fingerprint density at radius 1 is 1.26 bits per heavy atom. The Labute approximate surface area is 202 Å². The van der Waals surface area contributed by atoms with Gasteiger partial charge in [-0.1, -0.05) is 29.9 Å². The molecule has 3 unspecified atom stereocenters. The largest absolute Gasteiger partial charge is 0.507 e. The summed E-state index contributed by atoms with van der Waals surface area (Å²) in [5.74, 6) is 1.29. The van der Waals surface area contributed by atoms with Crippen LogP contribution in [0.3, 0.4) is 0 Å². The first-order valence-electron chi connectivity index (χ1n) is 11.6. The first-order valence-corrected chi connectivity index (χ1v) is 11.6. The topological polar surface area (TPSA) is 74.2 Å². The fourth-order valence-corrected chi connectivity index (χ4v) is 4.53. The molecule has 0 bridgehead atoms. The van der Waals surface area contributed by atoms with Gasteiger partial charge in [0.2, 0.25) is 0 Å². The lowest BCUT2D eigenvalue weighted by Gasteiger charge is -2.36. The van der Waals surface area contributed by atoms with Gasteiger partial charge in [-0.25, -0.2) is 0 Å². The molecule has 3 rings (SSSR count). The van der Waals surface area contributed by atoms with Crippen LogP contribution in [-0.2, 0) is 15.9 Å². The molecule has 0 spiro atoms. The second kappa shape index (κ2) is 11.0. The molecule has 6 heteroatoms. The predicted molar refractivity (Wildman–Crippen MR) is 133 cm³/mol. The number of carbonyl (C=O) groups is 1. The summed E-state index contributed by atoms with van der Waals surface area (Å²) >= 11 is 0. The summed E-state index contributed by atoms with van der Waals surface area (Å²) in [6.45, 7) is 10.3. The highest BCUT2D eigenvalue weighted by Gasteiger charge is 2.39. The molecule has 6 nitrogen and oxygen atoms in total. The van der Waals surface area contributed by atoms with E-state index in [9.17, 15) is 9.90 Å². The zero-order valence-electron chi connectivity index (χ0n) is 21.0. The van der Waals surface area contributed by atoms with E-state index < -0.39 is 6.10 Å². The maximum Gasteiger partial charge on any atom is 0.174 e. The van der Waals surface area contributed by atoms with Crippen molar-refractivity contribution in [1.29, 1.82) is 0 Å². The summed E-state index contributed by atoms with van der Waals surface area (Å²) in [4.78, 5) is 13.4. The number of allylic oxidation sites excluding steroid dienone is 4. The number of hydrogen-bond acceptors (Lipinski definition) is 6. The van der Waals surface area contributed by atoms with Crippen molar-refractivity contribution in [2.75, 3.05) is 21.3 Å². The van der Waals surface area contributed by atoms with Gasteiger partial charge < -0.3 is 24.1 Å². The van der Waals surface area contributed by atoms with Gasteiger partial charge in [-0.05, 0) is 51.7 Å². The Balaban J connectivity index is 2.03. The minimum Gasteiger partial charge on any atom is -0.507 e. The van der Waals surface area contributed by atoms with Crippen LogP contribution in [0.15, 0.2) is 53.9 Å². The third kappa shape index (κ3) is 5.39. The van der Waals surface area contributed by atoms with E-state index in [1.54, 1.807) is 14.2 Å². The van der Waals surface area contributed by atoms with E-state index in [4.69, 9.17) is 18.9 Å². The highest BCUT2D eigenvalue weighted by molar-refractivity contribution is 6.03. The minimum absolute atomic E-state index is 0.0524. The van der Waals surface area contributed by atoms with Crippen LogP contribution in [0.25, 0.3) is 0 Å². The Hall–Kier alpha value is -2.99. The van der Waals surface area contributed by atoms with Gasteiger partial charge in [-0.3, -0.25) is 4.79 Å². The molecule has 1 aromatic rings. The lowest BCUT2D eigenvalue weighted by atomic mass is 9.83. The number of fused-ring (bicyclic) bond motifs is 1. The normalized spacial score (nSPS) is 22.2. The first-order chi connectivity index (χ1) is 16.2. The monoisotopic (exact) mass is 468 g/mol. The maximum absolute atomic E-state index is 13.4. The Kier molecular flexibility index (Phi) is 8.26. The molecule has 0 aromatic heterocycles. The van der Waals surface area contributed by atoms with E-state index in [2.05, 4.69) is 26.5 Å². The lowest BCUT2D eigenvalue weighted by molar-refractivity contribution is 0.0302.